The summed E-state index contributed by atoms with van der Waals surface area (Å²) in [7, 11) is 1.65. The first-order valence-corrected chi connectivity index (χ1v) is 10.8. The lowest BCUT2D eigenvalue weighted by atomic mass is 9.88. The number of fused-ring (bicyclic) bond motifs is 1. The van der Waals surface area contributed by atoms with Crippen LogP contribution in [0.5, 0.6) is 5.75 Å². The minimum absolute atomic E-state index is 0.00627. The second-order valence-corrected chi connectivity index (χ2v) is 9.85. The number of nitrogens with two attached hydrogens (primary N) is 1. The molecule has 1 aromatic carbocycles. The number of para-hydroxylation sites is 1. The van der Waals surface area contributed by atoms with Crippen molar-refractivity contribution in [3.63, 3.8) is 0 Å². The van der Waals surface area contributed by atoms with E-state index in [2.05, 4.69) is 10.3 Å². The fraction of sp³-hybridized carbons (Fsp3) is 0.609. The Morgan fingerprint density at radius 3 is 2.81 bits per heavy atom. The molecule has 1 aromatic rings. The van der Waals surface area contributed by atoms with Crippen LogP contribution in [-0.4, -0.2) is 54.1 Å². The number of aliphatic imine (C=N–C) groups is 1. The molecule has 8 nitrogen and oxygen atoms in total. The summed E-state index contributed by atoms with van der Waals surface area (Å²) in [5.41, 5.74) is 6.03. The van der Waals surface area contributed by atoms with Crippen molar-refractivity contribution in [2.24, 2.45) is 22.6 Å². The van der Waals surface area contributed by atoms with E-state index in [-0.39, 0.29) is 35.7 Å². The highest BCUT2D eigenvalue weighted by Crippen LogP contribution is 2.43. The van der Waals surface area contributed by atoms with Crippen LogP contribution in [-0.2, 0) is 14.3 Å². The van der Waals surface area contributed by atoms with Crippen LogP contribution in [0.2, 0.25) is 0 Å². The van der Waals surface area contributed by atoms with Crippen LogP contribution >= 0.6 is 0 Å². The van der Waals surface area contributed by atoms with E-state index in [1.807, 2.05) is 45.0 Å². The Morgan fingerprint density at radius 1 is 1.35 bits per heavy atom. The minimum Gasteiger partial charge on any atom is -0.485 e. The van der Waals surface area contributed by atoms with Crippen molar-refractivity contribution in [2.75, 3.05) is 20.3 Å². The number of benzene rings is 1. The van der Waals surface area contributed by atoms with Crippen LogP contribution in [0.1, 0.15) is 51.6 Å². The second-order valence-electron chi connectivity index (χ2n) is 9.85. The van der Waals surface area contributed by atoms with Gasteiger partial charge in [0.15, 0.2) is 5.96 Å². The summed E-state index contributed by atoms with van der Waals surface area (Å²) in [4.78, 5) is 31.5. The molecule has 4 rings (SSSR count). The number of hydrogen-bond donors (Lipinski definition) is 2. The molecule has 3 N–H and O–H groups in total. The van der Waals surface area contributed by atoms with E-state index in [9.17, 15) is 9.59 Å². The summed E-state index contributed by atoms with van der Waals surface area (Å²) in [6.45, 7) is 6.66. The Labute approximate surface area is 183 Å². The zero-order valence-corrected chi connectivity index (χ0v) is 18.7. The quantitative estimate of drug-likeness (QED) is 0.721. The summed E-state index contributed by atoms with van der Waals surface area (Å²) < 4.78 is 11.5. The monoisotopic (exact) mass is 428 g/mol. The highest BCUT2D eigenvalue weighted by atomic mass is 16.5. The smallest absolute Gasteiger partial charge is 0.231 e. The Balaban J connectivity index is 1.41. The highest BCUT2D eigenvalue weighted by molar-refractivity contribution is 5.99. The SMILES string of the molecule is COCC1(C)C[C@H](NC(=O)C2C[C@@H]2CN2C(=O)CC(C)(C)N=C2N)c2ccccc2O1. The first kappa shape index (κ1) is 21.6. The number of carbonyl (C=O) groups is 2. The minimum atomic E-state index is -0.512. The van der Waals surface area contributed by atoms with Gasteiger partial charge in [-0.25, -0.2) is 4.99 Å². The number of nitrogens with zero attached hydrogens (tertiary/aromatic N) is 2. The lowest BCUT2D eigenvalue weighted by Crippen LogP contribution is -2.50. The van der Waals surface area contributed by atoms with Gasteiger partial charge in [-0.1, -0.05) is 18.2 Å². The molecule has 3 aliphatic rings. The van der Waals surface area contributed by atoms with Crippen molar-refractivity contribution in [1.82, 2.24) is 10.2 Å². The van der Waals surface area contributed by atoms with Crippen LogP contribution < -0.4 is 15.8 Å². The first-order chi connectivity index (χ1) is 14.6. The molecule has 2 unspecified atom stereocenters. The first-order valence-electron chi connectivity index (χ1n) is 10.8. The number of carbonyl (C=O) groups excluding carboxylic acids is 2. The Hall–Kier alpha value is -2.61. The molecular weight excluding hydrogens is 396 g/mol. The predicted molar refractivity (Wildman–Crippen MR) is 116 cm³/mol. The molecule has 1 fully saturated rings. The van der Waals surface area contributed by atoms with Gasteiger partial charge in [-0.3, -0.25) is 14.5 Å². The summed E-state index contributed by atoms with van der Waals surface area (Å²) in [6.07, 6.45) is 1.70. The Bertz CT molecular complexity index is 915. The third-order valence-electron chi connectivity index (χ3n) is 6.31. The normalized spacial score (nSPS) is 31.4. The average molecular weight is 429 g/mol. The average Bonchev–Trinajstić information content (AvgIpc) is 3.43. The molecule has 31 heavy (non-hydrogen) atoms. The van der Waals surface area contributed by atoms with Crippen molar-refractivity contribution < 1.29 is 19.1 Å². The third-order valence-corrected chi connectivity index (χ3v) is 6.31. The van der Waals surface area contributed by atoms with E-state index in [0.717, 1.165) is 17.7 Å². The van der Waals surface area contributed by atoms with Gasteiger partial charge >= 0.3 is 0 Å². The van der Waals surface area contributed by atoms with Gasteiger partial charge in [0.05, 0.1) is 24.6 Å². The van der Waals surface area contributed by atoms with E-state index < -0.39 is 11.1 Å². The van der Waals surface area contributed by atoms with Crippen molar-refractivity contribution in [3.8, 4) is 5.75 Å². The summed E-state index contributed by atoms with van der Waals surface area (Å²) >= 11 is 0. The summed E-state index contributed by atoms with van der Waals surface area (Å²) in [5, 5.41) is 3.21. The van der Waals surface area contributed by atoms with Crippen LogP contribution in [0.25, 0.3) is 0 Å². The van der Waals surface area contributed by atoms with Gasteiger partial charge in [-0.05, 0) is 39.2 Å². The zero-order valence-electron chi connectivity index (χ0n) is 18.7. The van der Waals surface area contributed by atoms with Crippen LogP contribution in [0.15, 0.2) is 29.3 Å². The molecule has 0 saturated heterocycles. The van der Waals surface area contributed by atoms with Crippen LogP contribution in [0, 0.1) is 11.8 Å². The van der Waals surface area contributed by atoms with Crippen molar-refractivity contribution in [1.29, 1.82) is 0 Å². The van der Waals surface area contributed by atoms with Crippen LogP contribution in [0.4, 0.5) is 0 Å². The zero-order chi connectivity index (χ0) is 22.4. The molecule has 0 aromatic heterocycles. The lowest BCUT2D eigenvalue weighted by molar-refractivity contribution is -0.130. The number of guanidine groups is 1. The number of hydrogen-bond acceptors (Lipinski definition) is 6. The molecule has 1 saturated carbocycles. The van der Waals surface area contributed by atoms with Gasteiger partial charge < -0.3 is 20.5 Å². The third kappa shape index (κ3) is 4.54. The number of amides is 2. The van der Waals surface area contributed by atoms with Gasteiger partial charge in [0, 0.05) is 31.6 Å². The maximum atomic E-state index is 13.0. The van der Waals surface area contributed by atoms with E-state index in [1.54, 1.807) is 7.11 Å². The van der Waals surface area contributed by atoms with E-state index >= 15 is 0 Å². The number of ether oxygens (including phenoxy) is 2. The fourth-order valence-electron chi connectivity index (χ4n) is 4.72. The predicted octanol–water partition coefficient (Wildman–Crippen LogP) is 1.99. The molecule has 8 heteroatoms. The molecule has 168 valence electrons. The molecule has 0 bridgehead atoms. The van der Waals surface area contributed by atoms with Gasteiger partial charge in [-0.2, -0.15) is 0 Å². The molecule has 0 spiro atoms. The molecule has 2 aliphatic heterocycles. The second kappa shape index (κ2) is 7.82. The summed E-state index contributed by atoms with van der Waals surface area (Å²) in [6, 6.07) is 7.64. The van der Waals surface area contributed by atoms with Crippen molar-refractivity contribution in [2.45, 2.75) is 57.2 Å². The molecule has 1 aliphatic carbocycles. The van der Waals surface area contributed by atoms with Crippen molar-refractivity contribution in [3.05, 3.63) is 29.8 Å². The molecule has 0 radical (unpaired) electrons. The molecular formula is C23H32N4O4. The van der Waals surface area contributed by atoms with Gasteiger partial charge in [0.1, 0.15) is 11.4 Å². The van der Waals surface area contributed by atoms with E-state index in [0.29, 0.717) is 26.0 Å². The van der Waals surface area contributed by atoms with Gasteiger partial charge in [-0.15, -0.1) is 0 Å². The van der Waals surface area contributed by atoms with E-state index in [4.69, 9.17) is 15.2 Å². The highest BCUT2D eigenvalue weighted by Gasteiger charge is 2.47. The largest absolute Gasteiger partial charge is 0.485 e. The Kier molecular flexibility index (Phi) is 5.45. The molecule has 4 atom stereocenters. The standard InChI is InChI=1S/C23H32N4O4/c1-22(2)11-19(28)27(21(24)26-22)12-14-9-16(14)20(29)25-17-10-23(3,13-30-4)31-18-8-6-5-7-15(17)18/h5-8,14,16-17H,9-13H2,1-4H3,(H2,24,26)(H,25,29)/t14-,16?,17+,23?/m1/s1. The number of nitrogens with one attached hydrogen (secondary N) is 1. The number of rotatable bonds is 6. The maximum Gasteiger partial charge on any atom is 0.231 e. The van der Waals surface area contributed by atoms with E-state index in [1.165, 1.54) is 4.90 Å². The molecule has 2 heterocycles. The van der Waals surface area contributed by atoms with Gasteiger partial charge in [0.2, 0.25) is 11.8 Å². The summed E-state index contributed by atoms with van der Waals surface area (Å²) in [5.74, 6) is 0.972. The van der Waals surface area contributed by atoms with Crippen LogP contribution in [0.3, 0.4) is 0 Å². The molecule has 2 amide bonds. The number of methoxy groups -OCH3 is 1. The maximum absolute atomic E-state index is 13.0. The van der Waals surface area contributed by atoms with Crippen molar-refractivity contribution >= 4 is 17.8 Å². The fourth-order valence-corrected chi connectivity index (χ4v) is 4.72. The topological polar surface area (TPSA) is 106 Å². The van der Waals surface area contributed by atoms with Gasteiger partial charge in [0.25, 0.3) is 0 Å². The Morgan fingerprint density at radius 2 is 2.10 bits per heavy atom. The lowest BCUT2D eigenvalue weighted by Gasteiger charge is -2.39.